The molecule has 3 aromatic rings. The lowest BCUT2D eigenvalue weighted by atomic mass is 10.1. The van der Waals surface area contributed by atoms with Crippen LogP contribution in [0.5, 0.6) is 5.75 Å². The summed E-state index contributed by atoms with van der Waals surface area (Å²) in [6.07, 6.45) is -4.56. The molecule has 1 aromatic heterocycles. The summed E-state index contributed by atoms with van der Waals surface area (Å²) in [5.74, 6) is 0.683. The van der Waals surface area contributed by atoms with Gasteiger partial charge in [-0.1, -0.05) is 6.07 Å². The number of alkyl halides is 3. The number of amides is 1. The summed E-state index contributed by atoms with van der Waals surface area (Å²) < 4.78 is 57.6. The highest BCUT2D eigenvalue weighted by atomic mass is 32.2. The first kappa shape index (κ1) is 20.1. The van der Waals surface area contributed by atoms with Gasteiger partial charge < -0.3 is 10.1 Å². The number of nitrogens with zero attached hydrogens (tertiary/aromatic N) is 2. The molecule has 0 fully saturated rings. The van der Waals surface area contributed by atoms with Gasteiger partial charge in [-0.05, 0) is 42.5 Å². The number of anilines is 1. The SMILES string of the molecule is COc1ccc(-n2nc3c(c2NC(=O)c2cccc(C(F)(F)F)c2)C[S@](=O)C3)cc1. The van der Waals surface area contributed by atoms with E-state index in [-0.39, 0.29) is 17.1 Å². The lowest BCUT2D eigenvalue weighted by Gasteiger charge is -2.12. The third kappa shape index (κ3) is 3.82. The standard InChI is InChI=1S/C20H16F3N3O3S/c1-29-15-7-5-14(6-8-15)26-18(16-10-30(28)11-17(16)25-26)24-19(27)12-3-2-4-13(9-12)20(21,22)23/h2-9H,10-11H2,1H3,(H,24,27)/t30-/m0/s1. The van der Waals surface area contributed by atoms with Gasteiger partial charge in [0.1, 0.15) is 11.6 Å². The van der Waals surface area contributed by atoms with Crippen LogP contribution < -0.4 is 10.1 Å². The lowest BCUT2D eigenvalue weighted by Crippen LogP contribution is -2.17. The van der Waals surface area contributed by atoms with Crippen molar-refractivity contribution in [2.45, 2.75) is 17.7 Å². The molecule has 0 saturated carbocycles. The van der Waals surface area contributed by atoms with Gasteiger partial charge in [0.25, 0.3) is 5.91 Å². The number of nitrogens with one attached hydrogen (secondary N) is 1. The Kier molecular flexibility index (Phi) is 5.10. The van der Waals surface area contributed by atoms with Gasteiger partial charge in [-0.2, -0.15) is 18.3 Å². The number of carbonyl (C=O) groups excluding carboxylic acids is 1. The normalized spacial score (nSPS) is 15.7. The zero-order chi connectivity index (χ0) is 21.5. The number of rotatable bonds is 4. The molecule has 4 rings (SSSR count). The van der Waals surface area contributed by atoms with E-state index in [1.165, 1.54) is 23.9 Å². The molecule has 1 N–H and O–H groups in total. The number of halogens is 3. The van der Waals surface area contributed by atoms with E-state index in [0.29, 0.717) is 28.5 Å². The molecule has 6 nitrogen and oxygen atoms in total. The smallest absolute Gasteiger partial charge is 0.416 e. The second-order valence-corrected chi connectivity index (χ2v) is 8.10. The molecule has 2 aromatic carbocycles. The van der Waals surface area contributed by atoms with Gasteiger partial charge in [-0.3, -0.25) is 9.00 Å². The van der Waals surface area contributed by atoms with Crippen LogP contribution in [-0.2, 0) is 28.5 Å². The maximum atomic E-state index is 13.0. The molecule has 156 valence electrons. The van der Waals surface area contributed by atoms with Gasteiger partial charge in [0.05, 0.1) is 35.6 Å². The first-order chi connectivity index (χ1) is 14.3. The quantitative estimate of drug-likeness (QED) is 0.674. The van der Waals surface area contributed by atoms with E-state index in [2.05, 4.69) is 10.4 Å². The number of hydrogen-bond donors (Lipinski definition) is 1. The van der Waals surface area contributed by atoms with Crippen molar-refractivity contribution in [2.24, 2.45) is 0 Å². The maximum absolute atomic E-state index is 13.0. The van der Waals surface area contributed by atoms with Crippen LogP contribution in [-0.4, -0.2) is 27.0 Å². The molecule has 30 heavy (non-hydrogen) atoms. The van der Waals surface area contributed by atoms with Gasteiger partial charge in [0.15, 0.2) is 0 Å². The Morgan fingerprint density at radius 1 is 1.17 bits per heavy atom. The van der Waals surface area contributed by atoms with E-state index < -0.39 is 28.4 Å². The first-order valence-electron chi connectivity index (χ1n) is 8.85. The Morgan fingerprint density at radius 2 is 1.90 bits per heavy atom. The van der Waals surface area contributed by atoms with E-state index >= 15 is 0 Å². The fourth-order valence-corrected chi connectivity index (χ4v) is 4.45. The molecule has 10 heteroatoms. The maximum Gasteiger partial charge on any atom is 0.416 e. The molecular formula is C20H16F3N3O3S. The van der Waals surface area contributed by atoms with Crippen LogP contribution in [0.15, 0.2) is 48.5 Å². The summed E-state index contributed by atoms with van der Waals surface area (Å²) in [7, 11) is 0.396. The predicted octanol–water partition coefficient (Wildman–Crippen LogP) is 3.91. The zero-order valence-electron chi connectivity index (χ0n) is 15.7. The van der Waals surface area contributed by atoms with Gasteiger partial charge in [-0.15, -0.1) is 0 Å². The Bertz CT molecular complexity index is 1140. The number of aromatic nitrogens is 2. The average Bonchev–Trinajstić information content (AvgIpc) is 3.24. The molecule has 1 aliphatic rings. The highest BCUT2D eigenvalue weighted by molar-refractivity contribution is 7.83. The minimum Gasteiger partial charge on any atom is -0.497 e. The zero-order valence-corrected chi connectivity index (χ0v) is 16.5. The number of carbonyl (C=O) groups is 1. The molecule has 0 bridgehead atoms. The van der Waals surface area contributed by atoms with Crippen molar-refractivity contribution in [3.63, 3.8) is 0 Å². The summed E-state index contributed by atoms with van der Waals surface area (Å²) in [6, 6.07) is 11.1. The van der Waals surface area contributed by atoms with Crippen LogP contribution >= 0.6 is 0 Å². The summed E-state index contributed by atoms with van der Waals surface area (Å²) in [4.78, 5) is 12.7. The van der Waals surface area contributed by atoms with Crippen molar-refractivity contribution in [1.82, 2.24) is 9.78 Å². The largest absolute Gasteiger partial charge is 0.497 e. The van der Waals surface area contributed by atoms with Crippen molar-refractivity contribution in [2.75, 3.05) is 12.4 Å². The monoisotopic (exact) mass is 435 g/mol. The van der Waals surface area contributed by atoms with Gasteiger partial charge in [0.2, 0.25) is 0 Å². The van der Waals surface area contributed by atoms with E-state index in [1.54, 1.807) is 24.3 Å². The fraction of sp³-hybridized carbons (Fsp3) is 0.200. The second-order valence-electron chi connectivity index (χ2n) is 6.64. The van der Waals surface area contributed by atoms with Crippen molar-refractivity contribution >= 4 is 22.5 Å². The minimum atomic E-state index is -4.56. The Morgan fingerprint density at radius 3 is 2.57 bits per heavy atom. The summed E-state index contributed by atoms with van der Waals surface area (Å²) in [5, 5.41) is 7.12. The Hall–Kier alpha value is -3.14. The van der Waals surface area contributed by atoms with E-state index in [4.69, 9.17) is 4.74 Å². The van der Waals surface area contributed by atoms with Crippen molar-refractivity contribution < 1.29 is 26.9 Å². The van der Waals surface area contributed by atoms with Crippen molar-refractivity contribution in [3.05, 3.63) is 70.9 Å². The van der Waals surface area contributed by atoms with E-state index in [1.807, 2.05) is 0 Å². The van der Waals surface area contributed by atoms with Crippen LogP contribution in [0.4, 0.5) is 19.0 Å². The van der Waals surface area contributed by atoms with Crippen LogP contribution in [0, 0.1) is 0 Å². The molecule has 1 aliphatic heterocycles. The van der Waals surface area contributed by atoms with Gasteiger partial charge in [0, 0.05) is 21.9 Å². The molecule has 0 spiro atoms. The highest BCUT2D eigenvalue weighted by Gasteiger charge is 2.32. The number of benzene rings is 2. The van der Waals surface area contributed by atoms with E-state index in [0.717, 1.165) is 12.1 Å². The third-order valence-electron chi connectivity index (χ3n) is 4.67. The van der Waals surface area contributed by atoms with Crippen LogP contribution in [0.3, 0.4) is 0 Å². The first-order valence-corrected chi connectivity index (χ1v) is 10.3. The van der Waals surface area contributed by atoms with Gasteiger partial charge in [-0.25, -0.2) is 4.68 Å². The molecule has 0 saturated heterocycles. The molecular weight excluding hydrogens is 419 g/mol. The van der Waals surface area contributed by atoms with Crippen LogP contribution in [0.25, 0.3) is 5.69 Å². The number of methoxy groups -OCH3 is 1. The number of hydrogen-bond acceptors (Lipinski definition) is 4. The molecule has 1 atom stereocenters. The van der Waals surface area contributed by atoms with Crippen molar-refractivity contribution in [3.8, 4) is 11.4 Å². The van der Waals surface area contributed by atoms with Crippen LogP contribution in [0.1, 0.15) is 27.2 Å². The number of ether oxygens (including phenoxy) is 1. The highest BCUT2D eigenvalue weighted by Crippen LogP contribution is 2.33. The minimum absolute atomic E-state index is 0.139. The molecule has 0 radical (unpaired) electrons. The summed E-state index contributed by atoms with van der Waals surface area (Å²) in [5.41, 5.74) is 0.772. The van der Waals surface area contributed by atoms with E-state index in [9.17, 15) is 22.2 Å². The molecule has 1 amide bonds. The summed E-state index contributed by atoms with van der Waals surface area (Å²) >= 11 is 0. The second kappa shape index (κ2) is 7.60. The number of fused-ring (bicyclic) bond motifs is 1. The third-order valence-corrected chi connectivity index (χ3v) is 5.88. The Balaban J connectivity index is 1.71. The molecule has 0 aliphatic carbocycles. The van der Waals surface area contributed by atoms with Crippen molar-refractivity contribution in [1.29, 1.82) is 0 Å². The molecule has 2 heterocycles. The molecule has 0 unspecified atom stereocenters. The van der Waals surface area contributed by atoms with Crippen LogP contribution in [0.2, 0.25) is 0 Å². The average molecular weight is 435 g/mol. The summed E-state index contributed by atoms with van der Waals surface area (Å²) in [6.45, 7) is 0. The topological polar surface area (TPSA) is 73.2 Å². The Labute approximate surface area is 172 Å². The lowest BCUT2D eigenvalue weighted by molar-refractivity contribution is -0.137. The fourth-order valence-electron chi connectivity index (χ4n) is 3.18. The predicted molar refractivity (Wildman–Crippen MR) is 105 cm³/mol. The van der Waals surface area contributed by atoms with Gasteiger partial charge >= 0.3 is 6.18 Å².